The molecule has 1 aromatic rings. The van der Waals surface area contributed by atoms with Gasteiger partial charge in [0, 0.05) is 32.8 Å². The third-order valence-corrected chi connectivity index (χ3v) is 6.21. The van der Waals surface area contributed by atoms with Gasteiger partial charge >= 0.3 is 0 Å². The molecule has 23 heavy (non-hydrogen) atoms. The maximum atomic E-state index is 12.9. The van der Waals surface area contributed by atoms with Crippen LogP contribution in [0.25, 0.3) is 0 Å². The molecule has 1 aliphatic rings. The van der Waals surface area contributed by atoms with Gasteiger partial charge < -0.3 is 15.4 Å². The predicted octanol–water partition coefficient (Wildman–Crippen LogP) is 0.875. The highest BCUT2D eigenvalue weighted by Crippen LogP contribution is 2.26. The topological polar surface area (TPSA) is 75.9 Å². The van der Waals surface area contributed by atoms with E-state index in [9.17, 15) is 8.42 Å². The first-order chi connectivity index (χ1) is 10.9. The molecule has 6 nitrogen and oxygen atoms in total. The van der Waals surface area contributed by atoms with Crippen molar-refractivity contribution >= 4 is 10.0 Å². The van der Waals surface area contributed by atoms with Gasteiger partial charge in [-0.1, -0.05) is 12.1 Å². The quantitative estimate of drug-likeness (QED) is 0.831. The van der Waals surface area contributed by atoms with Crippen LogP contribution in [0.2, 0.25) is 0 Å². The van der Waals surface area contributed by atoms with Gasteiger partial charge in [-0.25, -0.2) is 8.42 Å². The fourth-order valence-electron chi connectivity index (χ4n) is 3.00. The van der Waals surface area contributed by atoms with E-state index in [4.69, 9.17) is 10.5 Å². The Morgan fingerprint density at radius 2 is 1.96 bits per heavy atom. The summed E-state index contributed by atoms with van der Waals surface area (Å²) in [6.45, 7) is 1.53. The van der Waals surface area contributed by atoms with Crippen molar-refractivity contribution < 1.29 is 13.2 Å². The highest BCUT2D eigenvalue weighted by molar-refractivity contribution is 7.89. The summed E-state index contributed by atoms with van der Waals surface area (Å²) < 4.78 is 32.7. The summed E-state index contributed by atoms with van der Waals surface area (Å²) in [5.41, 5.74) is 6.88. The Balaban J connectivity index is 2.20. The number of methoxy groups -OCH3 is 1. The lowest BCUT2D eigenvalue weighted by Gasteiger charge is -2.37. The smallest absolute Gasteiger partial charge is 0.243 e. The Hall–Kier alpha value is -0.990. The van der Waals surface area contributed by atoms with Gasteiger partial charge in [0.1, 0.15) is 0 Å². The lowest BCUT2D eigenvalue weighted by molar-refractivity contribution is 0.0401. The molecule has 1 aromatic carbocycles. The average Bonchev–Trinajstić information content (AvgIpc) is 2.54. The lowest BCUT2D eigenvalue weighted by atomic mass is 10.0. The number of hydrogen-bond acceptors (Lipinski definition) is 5. The summed E-state index contributed by atoms with van der Waals surface area (Å²) >= 11 is 0. The minimum Gasteiger partial charge on any atom is -0.381 e. The molecule has 2 rings (SSSR count). The highest BCUT2D eigenvalue weighted by Gasteiger charge is 2.36. The van der Waals surface area contributed by atoms with Gasteiger partial charge in [0.25, 0.3) is 0 Å². The molecule has 2 unspecified atom stereocenters. The molecule has 0 spiro atoms. The number of sulfonamides is 1. The first kappa shape index (κ1) is 18.4. The van der Waals surface area contributed by atoms with E-state index in [2.05, 4.69) is 0 Å². The molecule has 1 fully saturated rings. The Morgan fingerprint density at radius 3 is 2.48 bits per heavy atom. The van der Waals surface area contributed by atoms with Gasteiger partial charge in [-0.2, -0.15) is 4.31 Å². The van der Waals surface area contributed by atoms with Crippen LogP contribution in [-0.4, -0.2) is 64.1 Å². The van der Waals surface area contributed by atoms with Crippen molar-refractivity contribution in [2.45, 2.75) is 36.4 Å². The van der Waals surface area contributed by atoms with E-state index < -0.39 is 10.0 Å². The molecule has 1 heterocycles. The second-order valence-corrected chi connectivity index (χ2v) is 8.16. The zero-order valence-corrected chi connectivity index (χ0v) is 14.9. The molecule has 1 saturated heterocycles. The van der Waals surface area contributed by atoms with Crippen LogP contribution in [0.1, 0.15) is 18.4 Å². The van der Waals surface area contributed by atoms with Gasteiger partial charge in [-0.3, -0.25) is 0 Å². The number of ether oxygens (including phenoxy) is 1. The van der Waals surface area contributed by atoms with E-state index in [1.807, 2.05) is 31.1 Å². The lowest BCUT2D eigenvalue weighted by Crippen LogP contribution is -2.51. The minimum absolute atomic E-state index is 0.0810. The van der Waals surface area contributed by atoms with Crippen LogP contribution in [0.4, 0.5) is 0 Å². The van der Waals surface area contributed by atoms with E-state index >= 15 is 0 Å². The number of benzene rings is 1. The van der Waals surface area contributed by atoms with E-state index in [-0.39, 0.29) is 12.1 Å². The molecule has 2 N–H and O–H groups in total. The van der Waals surface area contributed by atoms with Crippen LogP contribution >= 0.6 is 0 Å². The fourth-order valence-corrected chi connectivity index (χ4v) is 4.67. The van der Waals surface area contributed by atoms with Gasteiger partial charge in [0.2, 0.25) is 10.0 Å². The Morgan fingerprint density at radius 1 is 1.30 bits per heavy atom. The maximum Gasteiger partial charge on any atom is 0.243 e. The standard InChI is InChI=1S/C16H27N3O3S/c1-18(2)12-13-4-6-16(7-5-13)23(20,21)19-9-8-15(22-3)10-14(19)11-17/h4-7,14-15H,8-12,17H2,1-3H3. The summed E-state index contributed by atoms with van der Waals surface area (Å²) in [7, 11) is 2.11. The van der Waals surface area contributed by atoms with Crippen molar-refractivity contribution in [3.8, 4) is 0 Å². The Bertz CT molecular complexity index is 602. The first-order valence-electron chi connectivity index (χ1n) is 7.87. The number of rotatable bonds is 6. The average molecular weight is 341 g/mol. The summed E-state index contributed by atoms with van der Waals surface area (Å²) in [4.78, 5) is 2.37. The molecule has 0 aliphatic carbocycles. The van der Waals surface area contributed by atoms with Crippen molar-refractivity contribution in [2.24, 2.45) is 5.73 Å². The van der Waals surface area contributed by atoms with Crippen LogP contribution in [0, 0.1) is 0 Å². The molecular weight excluding hydrogens is 314 g/mol. The third-order valence-electron chi connectivity index (χ3n) is 4.25. The number of nitrogens with zero attached hydrogens (tertiary/aromatic N) is 2. The highest BCUT2D eigenvalue weighted by atomic mass is 32.2. The van der Waals surface area contributed by atoms with Crippen molar-refractivity contribution in [1.29, 1.82) is 0 Å². The zero-order valence-electron chi connectivity index (χ0n) is 14.1. The molecule has 1 aliphatic heterocycles. The first-order valence-corrected chi connectivity index (χ1v) is 9.31. The summed E-state index contributed by atoms with van der Waals surface area (Å²) in [6.07, 6.45) is 1.42. The minimum atomic E-state index is -3.52. The normalized spacial score (nSPS) is 23.3. The van der Waals surface area contributed by atoms with E-state index in [0.717, 1.165) is 12.1 Å². The molecule has 0 amide bonds. The van der Waals surface area contributed by atoms with Crippen LogP contribution in [0.5, 0.6) is 0 Å². The van der Waals surface area contributed by atoms with E-state index in [0.29, 0.717) is 30.8 Å². The molecule has 0 aromatic heterocycles. The number of piperidine rings is 1. The molecule has 130 valence electrons. The van der Waals surface area contributed by atoms with Crippen molar-refractivity contribution in [1.82, 2.24) is 9.21 Å². The van der Waals surface area contributed by atoms with Crippen molar-refractivity contribution in [2.75, 3.05) is 34.3 Å². The van der Waals surface area contributed by atoms with Crippen molar-refractivity contribution in [3.05, 3.63) is 29.8 Å². The van der Waals surface area contributed by atoms with Crippen LogP contribution in [-0.2, 0) is 21.3 Å². The predicted molar refractivity (Wildman–Crippen MR) is 90.6 cm³/mol. The Kier molecular flexibility index (Phi) is 6.16. The van der Waals surface area contributed by atoms with Gasteiger partial charge in [-0.05, 0) is 44.6 Å². The van der Waals surface area contributed by atoms with Gasteiger partial charge in [-0.15, -0.1) is 0 Å². The fraction of sp³-hybridized carbons (Fsp3) is 0.625. The van der Waals surface area contributed by atoms with Crippen LogP contribution in [0.3, 0.4) is 0 Å². The molecule has 0 saturated carbocycles. The molecule has 7 heteroatoms. The second-order valence-electron chi connectivity index (χ2n) is 6.27. The molecule has 0 radical (unpaired) electrons. The van der Waals surface area contributed by atoms with Gasteiger partial charge in [0.05, 0.1) is 11.0 Å². The van der Waals surface area contributed by atoms with Gasteiger partial charge in [0.15, 0.2) is 0 Å². The molecular formula is C16H27N3O3S. The summed E-state index contributed by atoms with van der Waals surface area (Å²) in [5.74, 6) is 0. The number of nitrogens with two attached hydrogens (primary N) is 1. The van der Waals surface area contributed by atoms with E-state index in [1.54, 1.807) is 19.2 Å². The van der Waals surface area contributed by atoms with Crippen LogP contribution in [0.15, 0.2) is 29.2 Å². The summed E-state index contributed by atoms with van der Waals surface area (Å²) in [5, 5.41) is 0. The molecule has 2 atom stereocenters. The van der Waals surface area contributed by atoms with Crippen molar-refractivity contribution in [3.63, 3.8) is 0 Å². The SMILES string of the molecule is COC1CCN(S(=O)(=O)c2ccc(CN(C)C)cc2)C(CN)C1. The third kappa shape index (κ3) is 4.30. The van der Waals surface area contributed by atoms with Crippen LogP contribution < -0.4 is 5.73 Å². The summed E-state index contributed by atoms with van der Waals surface area (Å²) in [6, 6.07) is 6.90. The molecule has 0 bridgehead atoms. The largest absolute Gasteiger partial charge is 0.381 e. The monoisotopic (exact) mass is 341 g/mol. The zero-order chi connectivity index (χ0) is 17.0. The number of hydrogen-bond donors (Lipinski definition) is 1. The Labute approximate surface area is 139 Å². The maximum absolute atomic E-state index is 12.9. The second kappa shape index (κ2) is 7.72. The van der Waals surface area contributed by atoms with E-state index in [1.165, 1.54) is 4.31 Å².